The van der Waals surface area contributed by atoms with Gasteiger partial charge in [0.25, 0.3) is 0 Å². The van der Waals surface area contributed by atoms with E-state index in [1.807, 2.05) is 38.1 Å². The number of nitrogens with one attached hydrogen (secondary N) is 1. The molecule has 0 aliphatic rings. The van der Waals surface area contributed by atoms with Gasteiger partial charge < -0.3 is 15.2 Å². The predicted octanol–water partition coefficient (Wildman–Crippen LogP) is 1.65. The van der Waals surface area contributed by atoms with Crippen LogP contribution in [0.5, 0.6) is 5.75 Å². The fraction of sp³-hybridized carbons (Fsp3) is 0.500. The number of aryl methyl sites for hydroxylation is 1. The maximum absolute atomic E-state index is 11.5. The molecule has 0 heterocycles. The van der Waals surface area contributed by atoms with E-state index in [2.05, 4.69) is 5.32 Å². The standard InChI is InChI=1S/C14H21NO3/c1-3-12(10-16)15-14(17)7-8-18-13-6-4-5-11(2)9-13/h4-6,9,12,16H,3,7-8,10H2,1-2H3,(H,15,17)/t12-/m1/s1. The molecule has 0 spiro atoms. The average molecular weight is 251 g/mol. The summed E-state index contributed by atoms with van der Waals surface area (Å²) in [5.74, 6) is 0.681. The lowest BCUT2D eigenvalue weighted by molar-refractivity contribution is -0.122. The van der Waals surface area contributed by atoms with Crippen LogP contribution in [0.4, 0.5) is 0 Å². The van der Waals surface area contributed by atoms with Gasteiger partial charge in [-0.05, 0) is 31.0 Å². The van der Waals surface area contributed by atoms with E-state index < -0.39 is 0 Å². The zero-order chi connectivity index (χ0) is 13.4. The number of hydrogen-bond donors (Lipinski definition) is 2. The average Bonchev–Trinajstić information content (AvgIpc) is 2.36. The number of ether oxygens (including phenoxy) is 1. The van der Waals surface area contributed by atoms with Crippen LogP contribution in [0.25, 0.3) is 0 Å². The minimum absolute atomic E-state index is 0.0268. The Morgan fingerprint density at radius 2 is 2.28 bits per heavy atom. The highest BCUT2D eigenvalue weighted by Crippen LogP contribution is 2.12. The van der Waals surface area contributed by atoms with Crippen molar-refractivity contribution in [3.8, 4) is 5.75 Å². The first-order valence-corrected chi connectivity index (χ1v) is 6.25. The van der Waals surface area contributed by atoms with Gasteiger partial charge in [-0.3, -0.25) is 4.79 Å². The normalized spacial score (nSPS) is 11.9. The summed E-state index contributed by atoms with van der Waals surface area (Å²) in [5, 5.41) is 11.7. The van der Waals surface area contributed by atoms with Crippen LogP contribution in [0.2, 0.25) is 0 Å². The molecular formula is C14H21NO3. The second-order valence-corrected chi connectivity index (χ2v) is 4.27. The van der Waals surface area contributed by atoms with Crippen molar-refractivity contribution in [3.63, 3.8) is 0 Å². The highest BCUT2D eigenvalue weighted by molar-refractivity contribution is 5.76. The summed E-state index contributed by atoms with van der Waals surface area (Å²) in [7, 11) is 0. The molecule has 0 saturated heterocycles. The number of aliphatic hydroxyl groups excluding tert-OH is 1. The Bertz CT molecular complexity index is 375. The summed E-state index contributed by atoms with van der Waals surface area (Å²) < 4.78 is 5.48. The van der Waals surface area contributed by atoms with Gasteiger partial charge in [-0.2, -0.15) is 0 Å². The van der Waals surface area contributed by atoms with Gasteiger partial charge in [-0.1, -0.05) is 19.1 Å². The number of amides is 1. The molecule has 0 unspecified atom stereocenters. The fourth-order valence-corrected chi connectivity index (χ4v) is 1.54. The van der Waals surface area contributed by atoms with E-state index in [4.69, 9.17) is 9.84 Å². The Balaban J connectivity index is 2.27. The van der Waals surface area contributed by atoms with Crippen LogP contribution < -0.4 is 10.1 Å². The summed E-state index contributed by atoms with van der Waals surface area (Å²) >= 11 is 0. The zero-order valence-electron chi connectivity index (χ0n) is 11.0. The lowest BCUT2D eigenvalue weighted by Crippen LogP contribution is -2.37. The summed E-state index contributed by atoms with van der Waals surface area (Å²) in [4.78, 5) is 11.5. The van der Waals surface area contributed by atoms with Crippen molar-refractivity contribution < 1.29 is 14.6 Å². The number of carbonyl (C=O) groups excluding carboxylic acids is 1. The van der Waals surface area contributed by atoms with E-state index in [1.165, 1.54) is 0 Å². The molecule has 0 radical (unpaired) electrons. The van der Waals surface area contributed by atoms with Crippen molar-refractivity contribution in [2.24, 2.45) is 0 Å². The van der Waals surface area contributed by atoms with Gasteiger partial charge in [0.1, 0.15) is 5.75 Å². The van der Waals surface area contributed by atoms with E-state index in [9.17, 15) is 4.79 Å². The first-order chi connectivity index (χ1) is 8.65. The Hall–Kier alpha value is -1.55. The zero-order valence-corrected chi connectivity index (χ0v) is 11.0. The Labute approximate surface area is 108 Å². The molecule has 1 aromatic carbocycles. The van der Waals surface area contributed by atoms with Gasteiger partial charge in [0.2, 0.25) is 5.91 Å². The second-order valence-electron chi connectivity index (χ2n) is 4.27. The molecule has 2 N–H and O–H groups in total. The molecule has 4 nitrogen and oxygen atoms in total. The highest BCUT2D eigenvalue weighted by Gasteiger charge is 2.08. The molecule has 1 atom stereocenters. The van der Waals surface area contributed by atoms with E-state index in [1.54, 1.807) is 0 Å². The number of aliphatic hydroxyl groups is 1. The van der Waals surface area contributed by atoms with Gasteiger partial charge in [0.15, 0.2) is 0 Å². The summed E-state index contributed by atoms with van der Waals surface area (Å²) in [6, 6.07) is 7.56. The van der Waals surface area contributed by atoms with Gasteiger partial charge >= 0.3 is 0 Å². The van der Waals surface area contributed by atoms with Crippen LogP contribution in [0.3, 0.4) is 0 Å². The molecule has 1 rings (SSSR count). The Morgan fingerprint density at radius 3 is 2.89 bits per heavy atom. The smallest absolute Gasteiger partial charge is 0.223 e. The van der Waals surface area contributed by atoms with Crippen LogP contribution in [0.15, 0.2) is 24.3 Å². The molecule has 1 aromatic rings. The number of rotatable bonds is 7. The summed E-state index contributed by atoms with van der Waals surface area (Å²) in [6.45, 7) is 4.23. The topological polar surface area (TPSA) is 58.6 Å². The maximum Gasteiger partial charge on any atom is 0.223 e. The number of hydrogen-bond acceptors (Lipinski definition) is 3. The molecule has 0 aliphatic heterocycles. The van der Waals surface area contributed by atoms with E-state index in [0.717, 1.165) is 17.7 Å². The molecule has 0 aliphatic carbocycles. The number of carbonyl (C=O) groups is 1. The predicted molar refractivity (Wildman–Crippen MR) is 70.6 cm³/mol. The number of benzene rings is 1. The lowest BCUT2D eigenvalue weighted by atomic mass is 10.2. The minimum Gasteiger partial charge on any atom is -0.493 e. The quantitative estimate of drug-likeness (QED) is 0.774. The maximum atomic E-state index is 11.5. The molecule has 18 heavy (non-hydrogen) atoms. The minimum atomic E-state index is -0.156. The third-order valence-electron chi connectivity index (χ3n) is 2.67. The highest BCUT2D eigenvalue weighted by atomic mass is 16.5. The van der Waals surface area contributed by atoms with Crippen molar-refractivity contribution in [2.75, 3.05) is 13.2 Å². The van der Waals surface area contributed by atoms with Gasteiger partial charge in [0.05, 0.1) is 25.7 Å². The van der Waals surface area contributed by atoms with Crippen LogP contribution in [-0.4, -0.2) is 30.3 Å². The Morgan fingerprint density at radius 1 is 1.50 bits per heavy atom. The van der Waals surface area contributed by atoms with Crippen LogP contribution in [-0.2, 0) is 4.79 Å². The van der Waals surface area contributed by atoms with Crippen LogP contribution in [0.1, 0.15) is 25.3 Å². The first kappa shape index (κ1) is 14.5. The van der Waals surface area contributed by atoms with Crippen molar-refractivity contribution in [1.29, 1.82) is 0 Å². The van der Waals surface area contributed by atoms with E-state index >= 15 is 0 Å². The largest absolute Gasteiger partial charge is 0.493 e. The van der Waals surface area contributed by atoms with Gasteiger partial charge in [0, 0.05) is 0 Å². The molecular weight excluding hydrogens is 230 g/mol. The van der Waals surface area contributed by atoms with Crippen molar-refractivity contribution in [1.82, 2.24) is 5.32 Å². The monoisotopic (exact) mass is 251 g/mol. The van der Waals surface area contributed by atoms with Crippen LogP contribution >= 0.6 is 0 Å². The third kappa shape index (κ3) is 5.19. The van der Waals surface area contributed by atoms with E-state index in [-0.39, 0.29) is 18.6 Å². The van der Waals surface area contributed by atoms with Crippen molar-refractivity contribution in [2.45, 2.75) is 32.7 Å². The third-order valence-corrected chi connectivity index (χ3v) is 2.67. The fourth-order valence-electron chi connectivity index (χ4n) is 1.54. The molecule has 4 heteroatoms. The Kier molecular flexibility index (Phi) is 6.22. The first-order valence-electron chi connectivity index (χ1n) is 6.25. The van der Waals surface area contributed by atoms with Crippen LogP contribution in [0, 0.1) is 6.92 Å². The van der Waals surface area contributed by atoms with Crippen molar-refractivity contribution >= 4 is 5.91 Å². The molecule has 0 bridgehead atoms. The molecule has 100 valence electrons. The van der Waals surface area contributed by atoms with Crippen molar-refractivity contribution in [3.05, 3.63) is 29.8 Å². The van der Waals surface area contributed by atoms with Gasteiger partial charge in [-0.15, -0.1) is 0 Å². The molecule has 0 saturated carbocycles. The van der Waals surface area contributed by atoms with Gasteiger partial charge in [-0.25, -0.2) is 0 Å². The molecule has 1 amide bonds. The second kappa shape index (κ2) is 7.71. The SMILES string of the molecule is CC[C@H](CO)NC(=O)CCOc1cccc(C)c1. The molecule has 0 fully saturated rings. The lowest BCUT2D eigenvalue weighted by Gasteiger charge is -2.14. The van der Waals surface area contributed by atoms with E-state index in [0.29, 0.717) is 13.0 Å². The summed E-state index contributed by atoms with van der Waals surface area (Å²) in [6.07, 6.45) is 1.02. The summed E-state index contributed by atoms with van der Waals surface area (Å²) in [5.41, 5.74) is 1.13. The molecule has 0 aromatic heterocycles.